The van der Waals surface area contributed by atoms with Crippen molar-refractivity contribution >= 4 is 6.09 Å². The number of amides is 1. The fourth-order valence-corrected chi connectivity index (χ4v) is 12.9. The van der Waals surface area contributed by atoms with Gasteiger partial charge in [0.05, 0.1) is 24.4 Å². The first-order valence-corrected chi connectivity index (χ1v) is 16.7. The molecule has 0 aromatic rings. The van der Waals surface area contributed by atoms with Gasteiger partial charge in [-0.05, 0) is 109 Å². The molecule has 5 saturated carbocycles. The van der Waals surface area contributed by atoms with Crippen molar-refractivity contribution < 1.29 is 24.5 Å². The molecule has 2 heterocycles. The second kappa shape index (κ2) is 8.62. The van der Waals surface area contributed by atoms with E-state index in [9.17, 15) is 15.0 Å². The van der Waals surface area contributed by atoms with Crippen molar-refractivity contribution in [3.63, 3.8) is 0 Å². The molecule has 0 aromatic heterocycles. The van der Waals surface area contributed by atoms with Gasteiger partial charge in [-0.25, -0.2) is 4.79 Å². The van der Waals surface area contributed by atoms with Crippen LogP contribution in [0.1, 0.15) is 106 Å². The van der Waals surface area contributed by atoms with Crippen LogP contribution in [-0.2, 0) is 9.47 Å². The average molecular weight is 558 g/mol. The van der Waals surface area contributed by atoms with Gasteiger partial charge in [-0.3, -0.25) is 0 Å². The summed E-state index contributed by atoms with van der Waals surface area (Å²) < 4.78 is 13.1. The fourth-order valence-electron chi connectivity index (χ4n) is 12.9. The Hall–Kier alpha value is -0.850. The van der Waals surface area contributed by atoms with E-state index < -0.39 is 6.10 Å². The number of hydrogen-bond acceptors (Lipinski definition) is 5. The number of nitrogens with zero attached hydrogens (tertiary/aromatic N) is 1. The molecular weight excluding hydrogens is 502 g/mol. The van der Waals surface area contributed by atoms with Crippen molar-refractivity contribution in [3.8, 4) is 0 Å². The van der Waals surface area contributed by atoms with Gasteiger partial charge in [0.1, 0.15) is 6.10 Å². The number of rotatable bonds is 3. The van der Waals surface area contributed by atoms with Crippen molar-refractivity contribution in [3.05, 3.63) is 0 Å². The van der Waals surface area contributed by atoms with E-state index in [1.165, 1.54) is 19.3 Å². The average Bonchev–Trinajstić information content (AvgIpc) is 3.48. The highest BCUT2D eigenvalue weighted by atomic mass is 16.6. The molecule has 226 valence electrons. The van der Waals surface area contributed by atoms with Crippen LogP contribution in [0.25, 0.3) is 0 Å². The molecule has 0 bridgehead atoms. The molecule has 6 heteroatoms. The van der Waals surface area contributed by atoms with Gasteiger partial charge in [0.2, 0.25) is 0 Å². The Kier molecular flexibility index (Phi) is 6.02. The SMILES string of the molecule is CC(C)[C@@H](OC(=O)N1CCC1)C1C[C@@H](C)[C@H]2C(O1)[C@H](O)[C@@]1(C)C3CC[C@H]4C(C)(C)[C@@H](O)CC[C@@]45CC35CC[C@]21C. The topological polar surface area (TPSA) is 79.2 Å². The lowest BCUT2D eigenvalue weighted by atomic mass is 9.41. The van der Waals surface area contributed by atoms with E-state index in [2.05, 4.69) is 48.5 Å². The molecule has 7 aliphatic rings. The molecule has 1 amide bonds. The lowest BCUT2D eigenvalue weighted by Crippen LogP contribution is -2.59. The Morgan fingerprint density at radius 3 is 2.30 bits per heavy atom. The highest BCUT2D eigenvalue weighted by molar-refractivity contribution is 5.68. The Bertz CT molecular complexity index is 1060. The zero-order chi connectivity index (χ0) is 28.6. The van der Waals surface area contributed by atoms with Crippen molar-refractivity contribution in [2.45, 2.75) is 137 Å². The van der Waals surface area contributed by atoms with Crippen molar-refractivity contribution in [2.75, 3.05) is 13.1 Å². The second-order valence-corrected chi connectivity index (χ2v) is 17.0. The number of fused-ring (bicyclic) bond motifs is 4. The van der Waals surface area contributed by atoms with Crippen LogP contribution in [0.15, 0.2) is 0 Å². The standard InChI is InChI=1S/C34H55NO5/c1-19(2)26(40-29(38)35-15-8-16-35)21-17-20(3)25-27(39-21)28(37)32(7)23-10-9-22-30(4,5)24(36)11-12-33(22)18-34(23,33)14-13-31(25,32)6/h19-28,36-37H,8-18H2,1-7H3/t20-,21?,22+,23?,24+,25+,26-,27?,28+,31-,32-,33-,34?/m1/s1. The summed E-state index contributed by atoms with van der Waals surface area (Å²) in [6, 6.07) is 0. The van der Waals surface area contributed by atoms with E-state index in [1.807, 2.05) is 0 Å². The molecule has 2 spiro atoms. The molecule has 0 aromatic carbocycles. The predicted octanol–water partition coefficient (Wildman–Crippen LogP) is 6.03. The summed E-state index contributed by atoms with van der Waals surface area (Å²) >= 11 is 0. The van der Waals surface area contributed by atoms with Crippen LogP contribution in [0.5, 0.6) is 0 Å². The summed E-state index contributed by atoms with van der Waals surface area (Å²) in [5.74, 6) is 1.96. The zero-order valence-corrected chi connectivity index (χ0v) is 26.1. The number of likely N-dealkylation sites (tertiary alicyclic amines) is 1. The molecule has 2 aliphatic heterocycles. The van der Waals surface area contributed by atoms with Gasteiger partial charge in [-0.15, -0.1) is 0 Å². The minimum Gasteiger partial charge on any atom is -0.443 e. The summed E-state index contributed by atoms with van der Waals surface area (Å²) in [5.41, 5.74) is 0.464. The Morgan fingerprint density at radius 1 is 0.975 bits per heavy atom. The van der Waals surface area contributed by atoms with E-state index in [0.717, 1.165) is 51.6 Å². The van der Waals surface area contributed by atoms with Crippen LogP contribution in [0, 0.1) is 56.7 Å². The van der Waals surface area contributed by atoms with E-state index in [4.69, 9.17) is 9.47 Å². The van der Waals surface area contributed by atoms with Crippen molar-refractivity contribution in [1.29, 1.82) is 0 Å². The second-order valence-electron chi connectivity index (χ2n) is 17.0. The zero-order valence-electron chi connectivity index (χ0n) is 26.1. The molecule has 7 fully saturated rings. The first-order valence-electron chi connectivity index (χ1n) is 16.7. The van der Waals surface area contributed by atoms with E-state index >= 15 is 0 Å². The summed E-state index contributed by atoms with van der Waals surface area (Å²) in [6.07, 6.45) is 8.46. The van der Waals surface area contributed by atoms with E-state index in [0.29, 0.717) is 34.5 Å². The lowest BCUT2D eigenvalue weighted by Gasteiger charge is -2.63. The van der Waals surface area contributed by atoms with E-state index in [1.54, 1.807) is 4.90 Å². The number of hydrogen-bond donors (Lipinski definition) is 2. The predicted molar refractivity (Wildman–Crippen MR) is 153 cm³/mol. The first-order chi connectivity index (χ1) is 18.7. The van der Waals surface area contributed by atoms with Gasteiger partial charge in [0, 0.05) is 18.5 Å². The summed E-state index contributed by atoms with van der Waals surface area (Å²) in [4.78, 5) is 14.6. The van der Waals surface area contributed by atoms with Crippen molar-refractivity contribution in [2.24, 2.45) is 56.7 Å². The van der Waals surface area contributed by atoms with E-state index in [-0.39, 0.29) is 52.7 Å². The van der Waals surface area contributed by atoms with Gasteiger partial charge in [0.15, 0.2) is 0 Å². The molecule has 2 saturated heterocycles. The number of aliphatic hydroxyl groups is 2. The third kappa shape index (κ3) is 3.20. The van der Waals surface area contributed by atoms with Gasteiger partial charge in [-0.2, -0.15) is 0 Å². The molecule has 7 rings (SSSR count). The largest absolute Gasteiger partial charge is 0.443 e. The summed E-state index contributed by atoms with van der Waals surface area (Å²) in [6.45, 7) is 17.8. The molecule has 6 nitrogen and oxygen atoms in total. The minimum absolute atomic E-state index is 0.0269. The monoisotopic (exact) mass is 557 g/mol. The summed E-state index contributed by atoms with van der Waals surface area (Å²) in [7, 11) is 0. The van der Waals surface area contributed by atoms with Gasteiger partial charge < -0.3 is 24.6 Å². The molecule has 0 radical (unpaired) electrons. The van der Waals surface area contributed by atoms with Crippen molar-refractivity contribution in [1.82, 2.24) is 4.90 Å². The van der Waals surface area contributed by atoms with Crippen LogP contribution >= 0.6 is 0 Å². The van der Waals surface area contributed by atoms with Gasteiger partial charge in [0.25, 0.3) is 0 Å². The molecular formula is C34H55NO5. The minimum atomic E-state index is -0.509. The van der Waals surface area contributed by atoms with Crippen LogP contribution in [0.2, 0.25) is 0 Å². The summed E-state index contributed by atoms with van der Waals surface area (Å²) in [5, 5.41) is 23.4. The smallest absolute Gasteiger partial charge is 0.410 e. The van der Waals surface area contributed by atoms with Gasteiger partial charge >= 0.3 is 6.09 Å². The molecule has 4 unspecified atom stereocenters. The highest BCUT2D eigenvalue weighted by Gasteiger charge is 2.84. The Morgan fingerprint density at radius 2 is 1.65 bits per heavy atom. The molecule has 5 aliphatic carbocycles. The maximum Gasteiger partial charge on any atom is 0.410 e. The van der Waals surface area contributed by atoms with Crippen LogP contribution in [0.4, 0.5) is 4.79 Å². The number of aliphatic hydroxyl groups excluding tert-OH is 2. The maximum absolute atomic E-state index is 12.8. The Balaban J connectivity index is 1.18. The lowest BCUT2D eigenvalue weighted by molar-refractivity contribution is -0.185. The maximum atomic E-state index is 12.8. The third-order valence-corrected chi connectivity index (χ3v) is 15.2. The Labute approximate surface area is 241 Å². The number of ether oxygens (including phenoxy) is 2. The number of carbonyl (C=O) groups is 1. The fraction of sp³-hybridized carbons (Fsp3) is 0.971. The third-order valence-electron chi connectivity index (χ3n) is 15.2. The van der Waals surface area contributed by atoms with Gasteiger partial charge in [-0.1, -0.05) is 48.5 Å². The number of carbonyl (C=O) groups excluding carboxylic acids is 1. The first kappa shape index (κ1) is 28.0. The quantitative estimate of drug-likeness (QED) is 0.443. The molecule has 40 heavy (non-hydrogen) atoms. The van der Waals surface area contributed by atoms with Crippen LogP contribution < -0.4 is 0 Å². The molecule has 2 N–H and O–H groups in total. The molecule has 13 atom stereocenters. The van der Waals surface area contributed by atoms with Crippen LogP contribution in [-0.4, -0.2) is 64.8 Å². The van der Waals surface area contributed by atoms with Crippen LogP contribution in [0.3, 0.4) is 0 Å². The normalized spacial score (nSPS) is 54.7. The highest BCUT2D eigenvalue weighted by Crippen LogP contribution is 2.89.